The summed E-state index contributed by atoms with van der Waals surface area (Å²) < 4.78 is 0. The zero-order valence-electron chi connectivity index (χ0n) is 68.8. The fourth-order valence-corrected chi connectivity index (χ4v) is 12.7. The first-order valence-electron chi connectivity index (χ1n) is 39.7. The van der Waals surface area contributed by atoms with Crippen LogP contribution in [0.1, 0.15) is 49.9 Å². The van der Waals surface area contributed by atoms with Crippen molar-refractivity contribution in [1.82, 2.24) is 34.9 Å². The fourth-order valence-electron chi connectivity index (χ4n) is 12.7. The minimum absolute atomic E-state index is 0. The Kier molecular flexibility index (Phi) is 41.0. The van der Waals surface area contributed by atoms with Gasteiger partial charge in [-0.15, -0.1) is 249 Å². The third kappa shape index (κ3) is 30.9. The second-order valence-electron chi connectivity index (χ2n) is 28.6. The number of benzene rings is 11. The summed E-state index contributed by atoms with van der Waals surface area (Å²) in [4.78, 5) is 30.6. The van der Waals surface area contributed by atoms with Gasteiger partial charge in [0.05, 0.1) is 0 Å². The van der Waals surface area contributed by atoms with Gasteiger partial charge < -0.3 is 34.9 Å². The number of rotatable bonds is 15. The Labute approximate surface area is 776 Å². The molecule has 122 heavy (non-hydrogen) atoms. The molecule has 0 bridgehead atoms. The van der Waals surface area contributed by atoms with Gasteiger partial charge in [-0.2, -0.15) is 0 Å². The molecule has 0 aliphatic heterocycles. The molecule has 0 aliphatic carbocycles. The van der Waals surface area contributed by atoms with Crippen LogP contribution < -0.4 is 0 Å². The predicted octanol–water partition coefficient (Wildman–Crippen LogP) is 27.5. The molecule has 4 radical (unpaired) electrons. The third-order valence-electron chi connectivity index (χ3n) is 18.5. The molecule has 18 aromatic rings. The summed E-state index contributed by atoms with van der Waals surface area (Å²) in [6.45, 7) is 13.1. The van der Waals surface area contributed by atoms with E-state index in [1.807, 2.05) is 220 Å². The molecule has 0 saturated heterocycles. The van der Waals surface area contributed by atoms with Crippen LogP contribution in [-0.2, 0) is 93.3 Å². The van der Waals surface area contributed by atoms with E-state index in [1.165, 1.54) is 66.8 Å². The Balaban J connectivity index is 0.000000178. The van der Waals surface area contributed by atoms with Crippen LogP contribution in [-0.4, -0.2) is 34.9 Å². The van der Waals surface area contributed by atoms with Crippen molar-refractivity contribution in [3.8, 4) is 123 Å². The number of aromatic nitrogens is 7. The van der Waals surface area contributed by atoms with Crippen molar-refractivity contribution in [1.29, 1.82) is 0 Å². The topological polar surface area (TPSA) is 90.2 Å². The van der Waals surface area contributed by atoms with Crippen LogP contribution in [0, 0.1) is 68.1 Å². The molecule has 7 nitrogen and oxygen atoms in total. The van der Waals surface area contributed by atoms with Crippen molar-refractivity contribution in [2.75, 3.05) is 0 Å². The molecule has 614 valence electrons. The van der Waals surface area contributed by atoms with Crippen molar-refractivity contribution < 1.29 is 80.4 Å². The molecule has 7 heterocycles. The summed E-state index contributed by atoms with van der Waals surface area (Å²) in [5.74, 6) is 1.30. The molecule has 18 rings (SSSR count). The molecule has 11 aromatic carbocycles. The van der Waals surface area contributed by atoms with Crippen LogP contribution in [0.15, 0.2) is 413 Å². The number of pyridine rings is 7. The SMILES string of the molecule is CC(C)Cc1ccnc(-c2[c-]ccc(-c3ccccc3)c2)c1.CC(C)Cc1ccnc(-c2[c-]ccc(-c3ccccc3)c2)c1.Cc1ccc(-c2[c-]ccc(-c3ccccc3)c2)nc1.Cc1ccnc(-c2[c-]ccc(-c3ccccc3)c2)c1.[Ir].[Ir].[Ir].[Ir].[c-]1ccccc1-c1ccccn1.[c-]1ccccc1-c1ccccn1.[c-]1ccccc1-c1ccccn1. The number of nitrogens with zero attached hydrogens (tertiary/aromatic N) is 7. The Morgan fingerprint density at radius 2 is 0.484 bits per heavy atom. The molecule has 0 saturated carbocycles. The van der Waals surface area contributed by atoms with Gasteiger partial charge in [0.25, 0.3) is 0 Å². The molecule has 0 N–H and O–H groups in total. The van der Waals surface area contributed by atoms with Crippen LogP contribution in [0.4, 0.5) is 0 Å². The standard InChI is InChI=1S/2C21H20N.2C18H14N.3C11H8N.4Ir/c2*1-16(2)13-17-11-12-22-21(14-17)20-10-6-9-19(15-20)18-7-4-3-5-8-18;1-14-10-11-18(19-13-14)17-9-5-8-16(12-17)15-6-3-2-4-7-15;1-14-10-11-19-18(12-14)17-9-5-8-16(13-17)15-6-3-2-4-7-15;3*1-2-6-10(7-3-1)11-8-4-5-9-12-11;;;;/h2*3-9,11-12,14-16H,13H2,1-2H3;2*2-8,10-13H,1H3;3*1-6,8-9H;;;;/q7*-1;;;;. The first-order valence-corrected chi connectivity index (χ1v) is 39.7. The van der Waals surface area contributed by atoms with E-state index in [2.05, 4.69) is 294 Å². The van der Waals surface area contributed by atoms with Crippen LogP contribution in [0.3, 0.4) is 0 Å². The van der Waals surface area contributed by atoms with E-state index in [-0.39, 0.29) is 80.4 Å². The fraction of sp³-hybridized carbons (Fsp3) is 0.0901. The molecule has 0 amide bonds. The summed E-state index contributed by atoms with van der Waals surface area (Å²) in [5.41, 5.74) is 28.8. The summed E-state index contributed by atoms with van der Waals surface area (Å²) >= 11 is 0. The molecule has 0 fully saturated rings. The summed E-state index contributed by atoms with van der Waals surface area (Å²) in [5, 5.41) is 0. The molecule has 0 unspecified atom stereocenters. The zero-order valence-corrected chi connectivity index (χ0v) is 78.4. The summed E-state index contributed by atoms with van der Waals surface area (Å²) in [6.07, 6.45) is 15.0. The average molecular weight is 2290 g/mol. The van der Waals surface area contributed by atoms with E-state index >= 15 is 0 Å². The Morgan fingerprint density at radius 1 is 0.205 bits per heavy atom. The first kappa shape index (κ1) is 95.5. The smallest absolute Gasteiger partial charge is 0.0190 e. The second-order valence-corrected chi connectivity index (χ2v) is 28.6. The van der Waals surface area contributed by atoms with Crippen molar-refractivity contribution in [3.63, 3.8) is 0 Å². The van der Waals surface area contributed by atoms with Gasteiger partial charge in [-0.05, 0) is 143 Å². The minimum Gasteiger partial charge on any atom is -0.305 e. The van der Waals surface area contributed by atoms with Crippen LogP contribution in [0.25, 0.3) is 123 Å². The Bertz CT molecular complexity index is 5510. The predicted molar refractivity (Wildman–Crippen MR) is 488 cm³/mol. The normalized spacial score (nSPS) is 10.0. The molecule has 0 atom stereocenters. The Hall–Kier alpha value is -11.9. The minimum atomic E-state index is 0. The van der Waals surface area contributed by atoms with Gasteiger partial charge in [0.1, 0.15) is 0 Å². The van der Waals surface area contributed by atoms with Crippen LogP contribution in [0.5, 0.6) is 0 Å². The van der Waals surface area contributed by atoms with E-state index in [0.29, 0.717) is 11.8 Å². The van der Waals surface area contributed by atoms with Crippen molar-refractivity contribution in [3.05, 3.63) is 478 Å². The van der Waals surface area contributed by atoms with Gasteiger partial charge in [0.15, 0.2) is 0 Å². The third-order valence-corrected chi connectivity index (χ3v) is 18.5. The maximum Gasteiger partial charge on any atom is 0.0190 e. The summed E-state index contributed by atoms with van der Waals surface area (Å²) in [6, 6.07) is 147. The molecular formula is C111H92Ir4N7-7. The molecule has 7 aromatic heterocycles. The zero-order chi connectivity index (χ0) is 81.6. The number of hydrogen-bond acceptors (Lipinski definition) is 7. The second kappa shape index (κ2) is 52.3. The van der Waals surface area contributed by atoms with E-state index in [1.54, 1.807) is 18.6 Å². The largest absolute Gasteiger partial charge is 0.305 e. The van der Waals surface area contributed by atoms with Crippen LogP contribution in [0.2, 0.25) is 0 Å². The van der Waals surface area contributed by atoms with Crippen molar-refractivity contribution in [2.45, 2.75) is 54.4 Å². The average Bonchev–Trinajstić information content (AvgIpc) is 0.819. The van der Waals surface area contributed by atoms with Crippen molar-refractivity contribution >= 4 is 0 Å². The van der Waals surface area contributed by atoms with E-state index in [9.17, 15) is 0 Å². The van der Waals surface area contributed by atoms with E-state index in [4.69, 9.17) is 0 Å². The monoisotopic (exact) mass is 2290 g/mol. The van der Waals surface area contributed by atoms with Gasteiger partial charge in [-0.25, -0.2) is 0 Å². The quantitative estimate of drug-likeness (QED) is 0.0945. The van der Waals surface area contributed by atoms with Gasteiger partial charge in [-0.3, -0.25) is 0 Å². The Morgan fingerprint density at radius 3 is 0.762 bits per heavy atom. The van der Waals surface area contributed by atoms with Crippen molar-refractivity contribution in [2.24, 2.45) is 11.8 Å². The van der Waals surface area contributed by atoms with Gasteiger partial charge in [0.2, 0.25) is 0 Å². The molecule has 0 aliphatic rings. The first-order chi connectivity index (χ1) is 58.0. The molecular weight excluding hydrogens is 2200 g/mol. The van der Waals surface area contributed by atoms with E-state index in [0.717, 1.165) is 91.6 Å². The number of hydrogen-bond donors (Lipinski definition) is 0. The van der Waals surface area contributed by atoms with Gasteiger partial charge in [-0.1, -0.05) is 232 Å². The van der Waals surface area contributed by atoms with Gasteiger partial charge >= 0.3 is 0 Å². The maximum absolute atomic E-state index is 4.52. The molecule has 0 spiro atoms. The maximum atomic E-state index is 4.52. The van der Waals surface area contributed by atoms with E-state index < -0.39 is 0 Å². The summed E-state index contributed by atoms with van der Waals surface area (Å²) in [7, 11) is 0. The van der Waals surface area contributed by atoms with Crippen LogP contribution >= 0.6 is 0 Å². The van der Waals surface area contributed by atoms with Gasteiger partial charge in [0, 0.05) is 124 Å². The number of aryl methyl sites for hydroxylation is 2. The molecule has 11 heteroatoms.